The Kier molecular flexibility index (Phi) is 6.25. The summed E-state index contributed by atoms with van der Waals surface area (Å²) < 4.78 is 34.6. The van der Waals surface area contributed by atoms with Crippen molar-refractivity contribution in [2.24, 2.45) is 5.16 Å². The van der Waals surface area contributed by atoms with Gasteiger partial charge in [-0.2, -0.15) is 0 Å². The number of nitrogens with zero attached hydrogens (tertiary/aromatic N) is 5. The zero-order valence-electron chi connectivity index (χ0n) is 22.9. The van der Waals surface area contributed by atoms with E-state index in [1.54, 1.807) is 24.4 Å². The van der Waals surface area contributed by atoms with Gasteiger partial charge in [-0.15, -0.1) is 0 Å². The first-order valence-corrected chi connectivity index (χ1v) is 13.9. The Morgan fingerprint density at radius 3 is 2.86 bits per heavy atom. The van der Waals surface area contributed by atoms with Gasteiger partial charge in [0.25, 0.3) is 5.72 Å². The lowest BCUT2D eigenvalue weighted by Gasteiger charge is -2.48. The highest BCUT2D eigenvalue weighted by atomic mass is 35.5. The number of aliphatic hydroxyl groups excluding tert-OH is 1. The van der Waals surface area contributed by atoms with Gasteiger partial charge >= 0.3 is 0 Å². The van der Waals surface area contributed by atoms with Crippen LogP contribution >= 0.6 is 11.6 Å². The van der Waals surface area contributed by atoms with Gasteiger partial charge in [0.05, 0.1) is 31.4 Å². The molecule has 2 atom stereocenters. The Labute approximate surface area is 245 Å². The smallest absolute Gasteiger partial charge is 0.260 e. The monoisotopic (exact) mass is 591 g/mol. The van der Waals surface area contributed by atoms with E-state index in [0.29, 0.717) is 35.0 Å². The highest BCUT2D eigenvalue weighted by Crippen LogP contribution is 2.49. The molecule has 2 aromatic carbocycles. The minimum absolute atomic E-state index is 0.172. The molecule has 1 spiro atoms. The first-order chi connectivity index (χ1) is 20.3. The highest BCUT2D eigenvalue weighted by Gasteiger charge is 2.58. The van der Waals surface area contributed by atoms with Gasteiger partial charge in [-0.1, -0.05) is 22.8 Å². The number of hydrogen-bond acceptors (Lipinski definition) is 9. The average molecular weight is 592 g/mol. The van der Waals surface area contributed by atoms with Crippen LogP contribution in [0.3, 0.4) is 0 Å². The second-order valence-electron chi connectivity index (χ2n) is 10.6. The summed E-state index contributed by atoms with van der Waals surface area (Å²) in [5.74, 6) is 1.55. The molecule has 1 fully saturated rings. The number of benzene rings is 2. The molecule has 4 aromatic rings. The molecule has 1 saturated heterocycles. The van der Waals surface area contributed by atoms with E-state index >= 15 is 0 Å². The fraction of sp³-hybridized carbons (Fsp3) is 0.300. The normalized spacial score (nSPS) is 23.8. The van der Waals surface area contributed by atoms with Crippen molar-refractivity contribution in [3.63, 3.8) is 0 Å². The van der Waals surface area contributed by atoms with Gasteiger partial charge in [0, 0.05) is 23.2 Å². The predicted octanol–water partition coefficient (Wildman–Crippen LogP) is 5.06. The van der Waals surface area contributed by atoms with Crippen LogP contribution in [0.1, 0.15) is 41.1 Å². The third kappa shape index (κ3) is 4.14. The Hall–Kier alpha value is -4.35. The molecule has 4 heterocycles. The molecule has 42 heavy (non-hydrogen) atoms. The Morgan fingerprint density at radius 2 is 2.10 bits per heavy atom. The van der Waals surface area contributed by atoms with Gasteiger partial charge in [-0.05, 0) is 61.7 Å². The number of methoxy groups -OCH3 is 1. The van der Waals surface area contributed by atoms with Gasteiger partial charge in [-0.25, -0.2) is 14.4 Å². The number of halogens is 2. The summed E-state index contributed by atoms with van der Waals surface area (Å²) in [5.41, 5.74) is 1.00. The van der Waals surface area contributed by atoms with Crippen molar-refractivity contribution in [1.82, 2.24) is 19.4 Å². The second kappa shape index (κ2) is 9.88. The molecule has 3 aliphatic rings. The third-order valence-electron chi connectivity index (χ3n) is 7.99. The summed E-state index contributed by atoms with van der Waals surface area (Å²) in [6.45, 7) is 1.62. The summed E-state index contributed by atoms with van der Waals surface area (Å²) >= 11 is 6.23. The van der Waals surface area contributed by atoms with Crippen LogP contribution in [0.2, 0.25) is 5.02 Å². The van der Waals surface area contributed by atoms with E-state index in [9.17, 15) is 9.50 Å². The average Bonchev–Trinajstić information content (AvgIpc) is 3.72. The zero-order chi connectivity index (χ0) is 29.1. The number of oxime groups is 1. The summed E-state index contributed by atoms with van der Waals surface area (Å²) in [6.07, 6.45) is 9.05. The van der Waals surface area contributed by atoms with Gasteiger partial charge in [-0.3, -0.25) is 0 Å². The molecular formula is C30H27ClFN5O5. The van der Waals surface area contributed by atoms with Crippen LogP contribution < -0.4 is 4.74 Å². The largest absolute Gasteiger partial charge is 0.495 e. The third-order valence-corrected chi connectivity index (χ3v) is 8.21. The number of rotatable bonds is 5. The van der Waals surface area contributed by atoms with Crippen molar-refractivity contribution in [3.8, 4) is 11.4 Å². The molecule has 0 radical (unpaired) electrons. The number of aryl methyl sites for hydroxylation is 2. The molecule has 216 valence electrons. The molecular weight excluding hydrogens is 565 g/mol. The molecule has 1 N–H and O–H groups in total. The minimum Gasteiger partial charge on any atom is -0.495 e. The quantitative estimate of drug-likeness (QED) is 0.343. The molecule has 12 heteroatoms. The van der Waals surface area contributed by atoms with Crippen LogP contribution in [0.5, 0.6) is 5.75 Å². The summed E-state index contributed by atoms with van der Waals surface area (Å²) in [7, 11) is 1.61. The molecule has 7 rings (SSSR count). The zero-order valence-corrected chi connectivity index (χ0v) is 23.6. The van der Waals surface area contributed by atoms with Crippen molar-refractivity contribution in [2.45, 2.75) is 37.5 Å². The maximum Gasteiger partial charge on any atom is 0.260 e. The lowest BCUT2D eigenvalue weighted by atomic mass is 9.83. The fourth-order valence-electron chi connectivity index (χ4n) is 6.03. The van der Waals surface area contributed by atoms with E-state index in [1.807, 2.05) is 42.0 Å². The van der Waals surface area contributed by atoms with E-state index in [1.165, 1.54) is 18.5 Å². The van der Waals surface area contributed by atoms with Crippen LogP contribution in [-0.4, -0.2) is 50.6 Å². The molecule has 0 bridgehead atoms. The van der Waals surface area contributed by atoms with E-state index in [0.717, 1.165) is 35.5 Å². The lowest BCUT2D eigenvalue weighted by Crippen LogP contribution is -2.59. The summed E-state index contributed by atoms with van der Waals surface area (Å²) in [6, 6.07) is 9.80. The van der Waals surface area contributed by atoms with E-state index in [2.05, 4.69) is 15.1 Å². The van der Waals surface area contributed by atoms with Crippen LogP contribution in [0.25, 0.3) is 11.8 Å². The number of aliphatic hydroxyl groups is 1. The maximum atomic E-state index is 14.6. The molecule has 2 aromatic heterocycles. The van der Waals surface area contributed by atoms with Gasteiger partial charge in [0.2, 0.25) is 5.84 Å². The molecule has 0 amide bonds. The fourth-order valence-corrected chi connectivity index (χ4v) is 6.25. The van der Waals surface area contributed by atoms with E-state index in [4.69, 9.17) is 30.3 Å². The molecule has 0 saturated carbocycles. The number of fused-ring (bicyclic) bond motifs is 3. The van der Waals surface area contributed by atoms with Gasteiger partial charge in [0.15, 0.2) is 17.8 Å². The van der Waals surface area contributed by atoms with Crippen molar-refractivity contribution in [1.29, 1.82) is 0 Å². The van der Waals surface area contributed by atoms with Gasteiger partial charge in [0.1, 0.15) is 29.6 Å². The van der Waals surface area contributed by atoms with Crippen LogP contribution in [0.15, 0.2) is 70.6 Å². The second-order valence-corrected chi connectivity index (χ2v) is 11.1. The molecule has 2 unspecified atom stereocenters. The van der Waals surface area contributed by atoms with Crippen molar-refractivity contribution in [3.05, 3.63) is 100 Å². The van der Waals surface area contributed by atoms with Crippen LogP contribution in [0.4, 0.5) is 4.39 Å². The Bertz CT molecular complexity index is 1730. The standard InChI is InChI=1S/C30H27ClFN5O5/c1-18-13-36(16-33-18)23-6-5-19(8-25(23)39-2)9-26-28-35-42-30(15-38,20-10-21(31)12-22(32)11-20)37(28)14-29(41-26)7-3-4-24-27(29)34-17-40-24/h5-6,8-13,16-17,38H,3-4,7,14-15H2,1-2H3/b26-9-. The SMILES string of the molecule is COc1cc(/C=C2\OC3(CCCc4ocnc43)CN3C2=NOC3(CO)c2cc(F)cc(Cl)c2)ccc1-n1cnc(C)c1. The molecule has 2 aliphatic heterocycles. The van der Waals surface area contributed by atoms with Crippen molar-refractivity contribution in [2.75, 3.05) is 20.3 Å². The topological polar surface area (TPSA) is 107 Å². The molecule has 10 nitrogen and oxygen atoms in total. The highest BCUT2D eigenvalue weighted by molar-refractivity contribution is 6.30. The number of ether oxygens (including phenoxy) is 2. The first kappa shape index (κ1) is 26.5. The summed E-state index contributed by atoms with van der Waals surface area (Å²) in [4.78, 5) is 16.6. The number of oxazole rings is 1. The van der Waals surface area contributed by atoms with Crippen LogP contribution in [-0.2, 0) is 27.3 Å². The predicted molar refractivity (Wildman–Crippen MR) is 150 cm³/mol. The van der Waals surface area contributed by atoms with E-state index < -0.39 is 23.8 Å². The summed E-state index contributed by atoms with van der Waals surface area (Å²) in [5, 5.41) is 15.3. The number of hydrogen-bond donors (Lipinski definition) is 1. The number of aromatic nitrogens is 3. The van der Waals surface area contributed by atoms with Crippen molar-refractivity contribution >= 4 is 23.5 Å². The van der Waals surface area contributed by atoms with Gasteiger partial charge < -0.3 is 33.3 Å². The number of amidine groups is 1. The van der Waals surface area contributed by atoms with E-state index in [-0.39, 0.29) is 11.6 Å². The lowest BCUT2D eigenvalue weighted by molar-refractivity contribution is -0.164. The Balaban J connectivity index is 1.36. The molecule has 1 aliphatic carbocycles. The van der Waals surface area contributed by atoms with Crippen molar-refractivity contribution < 1.29 is 28.2 Å². The number of morpholine rings is 1. The first-order valence-electron chi connectivity index (χ1n) is 13.5. The number of imidazole rings is 1. The van der Waals surface area contributed by atoms with Crippen LogP contribution in [0, 0.1) is 12.7 Å². The minimum atomic E-state index is -1.54. The Morgan fingerprint density at radius 1 is 1.21 bits per heavy atom. The maximum absolute atomic E-state index is 14.6.